The fourth-order valence-electron chi connectivity index (χ4n) is 2.73. The number of thiazole rings is 1. The fraction of sp³-hybridized carbons (Fsp3) is 0.0476. The molecule has 0 bridgehead atoms. The summed E-state index contributed by atoms with van der Waals surface area (Å²) in [6.07, 6.45) is 0. The number of hydrogen-bond donors (Lipinski definition) is 0. The van der Waals surface area contributed by atoms with Crippen LogP contribution in [0.15, 0.2) is 78.9 Å². The molecule has 0 aliphatic carbocycles. The summed E-state index contributed by atoms with van der Waals surface area (Å²) in [4.78, 5) is 19.6. The lowest BCUT2D eigenvalue weighted by Crippen LogP contribution is -2.25. The normalized spacial score (nSPS) is 10.7. The van der Waals surface area contributed by atoms with Crippen molar-refractivity contribution in [3.63, 3.8) is 0 Å². The van der Waals surface area contributed by atoms with Gasteiger partial charge in [0, 0.05) is 11.6 Å². The fourth-order valence-corrected chi connectivity index (χ4v) is 3.71. The van der Waals surface area contributed by atoms with Gasteiger partial charge in [-0.3, -0.25) is 9.69 Å². The van der Waals surface area contributed by atoms with Gasteiger partial charge in [0.1, 0.15) is 5.75 Å². The van der Waals surface area contributed by atoms with Crippen molar-refractivity contribution in [1.29, 1.82) is 0 Å². The van der Waals surface area contributed by atoms with Crippen molar-refractivity contribution >= 4 is 38.3 Å². The van der Waals surface area contributed by atoms with Crippen LogP contribution in [0.25, 0.3) is 10.2 Å². The van der Waals surface area contributed by atoms with Gasteiger partial charge in [-0.25, -0.2) is 4.98 Å². The number of fused-ring (bicyclic) bond motifs is 1. The van der Waals surface area contributed by atoms with E-state index in [1.54, 1.807) is 12.0 Å². The van der Waals surface area contributed by atoms with Gasteiger partial charge in [-0.05, 0) is 36.4 Å². The van der Waals surface area contributed by atoms with E-state index in [1.165, 1.54) is 11.3 Å². The number of carbonyl (C=O) groups is 1. The van der Waals surface area contributed by atoms with Crippen molar-refractivity contribution in [3.05, 3.63) is 84.4 Å². The number of amides is 1. The molecule has 0 unspecified atom stereocenters. The Morgan fingerprint density at radius 2 is 1.73 bits per heavy atom. The molecule has 4 aromatic rings. The zero-order valence-electron chi connectivity index (χ0n) is 14.1. The second-order valence-corrected chi connectivity index (χ2v) is 6.68. The topological polar surface area (TPSA) is 42.4 Å². The smallest absolute Gasteiger partial charge is 0.264 e. The van der Waals surface area contributed by atoms with E-state index >= 15 is 0 Å². The second kappa shape index (κ2) is 6.98. The van der Waals surface area contributed by atoms with Crippen molar-refractivity contribution < 1.29 is 9.53 Å². The second-order valence-electron chi connectivity index (χ2n) is 5.67. The number of rotatable bonds is 4. The number of anilines is 2. The number of aromatic nitrogens is 1. The highest BCUT2D eigenvalue weighted by molar-refractivity contribution is 7.22. The van der Waals surface area contributed by atoms with Crippen LogP contribution < -0.4 is 9.64 Å². The Morgan fingerprint density at radius 1 is 0.962 bits per heavy atom. The minimum Gasteiger partial charge on any atom is -0.497 e. The number of hydrogen-bond acceptors (Lipinski definition) is 4. The molecule has 0 aliphatic heterocycles. The first kappa shape index (κ1) is 16.3. The lowest BCUT2D eigenvalue weighted by Gasteiger charge is -2.20. The summed E-state index contributed by atoms with van der Waals surface area (Å²) in [7, 11) is 1.61. The summed E-state index contributed by atoms with van der Waals surface area (Å²) in [6.45, 7) is 0. The molecule has 0 aliphatic rings. The van der Waals surface area contributed by atoms with E-state index in [4.69, 9.17) is 4.74 Å². The Labute approximate surface area is 155 Å². The van der Waals surface area contributed by atoms with E-state index in [0.29, 0.717) is 16.4 Å². The highest BCUT2D eigenvalue weighted by Crippen LogP contribution is 2.35. The predicted molar refractivity (Wildman–Crippen MR) is 106 cm³/mol. The summed E-state index contributed by atoms with van der Waals surface area (Å²) >= 11 is 1.49. The number of carbonyl (C=O) groups excluding carboxylic acids is 1. The van der Waals surface area contributed by atoms with Crippen LogP contribution in [0.1, 0.15) is 10.4 Å². The molecule has 0 N–H and O–H groups in total. The SMILES string of the molecule is COc1cccc(N(C(=O)c2ccccc2)c2nc3ccccc3s2)c1. The van der Waals surface area contributed by atoms with Crippen LogP contribution >= 0.6 is 11.3 Å². The molecule has 5 heteroatoms. The maximum atomic E-state index is 13.3. The van der Waals surface area contributed by atoms with E-state index in [9.17, 15) is 4.79 Å². The van der Waals surface area contributed by atoms with Crippen LogP contribution in [-0.2, 0) is 0 Å². The van der Waals surface area contributed by atoms with Crippen LogP contribution in [0.2, 0.25) is 0 Å². The first-order valence-corrected chi connectivity index (χ1v) is 8.97. The lowest BCUT2D eigenvalue weighted by molar-refractivity contribution is 0.0999. The number of methoxy groups -OCH3 is 1. The largest absolute Gasteiger partial charge is 0.497 e. The molecular weight excluding hydrogens is 344 g/mol. The van der Waals surface area contributed by atoms with Crippen molar-refractivity contribution in [3.8, 4) is 5.75 Å². The molecule has 4 rings (SSSR count). The standard InChI is InChI=1S/C21H16N2O2S/c1-25-17-11-7-10-16(14-17)23(20(24)15-8-3-2-4-9-15)21-22-18-12-5-6-13-19(18)26-21/h2-14H,1H3. The van der Waals surface area contributed by atoms with E-state index in [-0.39, 0.29) is 5.91 Å². The molecule has 0 saturated heterocycles. The van der Waals surface area contributed by atoms with Crippen LogP contribution in [0, 0.1) is 0 Å². The van der Waals surface area contributed by atoms with Crippen LogP contribution in [0.3, 0.4) is 0 Å². The first-order valence-electron chi connectivity index (χ1n) is 8.15. The minimum absolute atomic E-state index is 0.127. The molecule has 0 radical (unpaired) electrons. The summed E-state index contributed by atoms with van der Waals surface area (Å²) in [6, 6.07) is 24.5. The number of ether oxygens (including phenoxy) is 1. The van der Waals surface area contributed by atoms with Gasteiger partial charge in [0.05, 0.1) is 23.0 Å². The Morgan fingerprint density at radius 3 is 2.50 bits per heavy atom. The first-order chi connectivity index (χ1) is 12.8. The Kier molecular flexibility index (Phi) is 4.37. The molecule has 4 nitrogen and oxygen atoms in total. The zero-order valence-corrected chi connectivity index (χ0v) is 14.9. The van der Waals surface area contributed by atoms with Crippen LogP contribution in [0.4, 0.5) is 10.8 Å². The number of nitrogens with zero attached hydrogens (tertiary/aromatic N) is 2. The quantitative estimate of drug-likeness (QED) is 0.497. The van der Waals surface area contributed by atoms with E-state index in [0.717, 1.165) is 15.9 Å². The van der Waals surface area contributed by atoms with Crippen LogP contribution in [-0.4, -0.2) is 18.0 Å². The molecule has 1 amide bonds. The van der Waals surface area contributed by atoms with Gasteiger partial charge in [-0.15, -0.1) is 0 Å². The summed E-state index contributed by atoms with van der Waals surface area (Å²) in [5.74, 6) is 0.562. The van der Waals surface area contributed by atoms with E-state index < -0.39 is 0 Å². The van der Waals surface area contributed by atoms with Crippen molar-refractivity contribution in [2.45, 2.75) is 0 Å². The average molecular weight is 360 g/mol. The summed E-state index contributed by atoms with van der Waals surface area (Å²) in [5.41, 5.74) is 2.20. The monoisotopic (exact) mass is 360 g/mol. The van der Waals surface area contributed by atoms with Gasteiger partial charge < -0.3 is 4.74 Å². The van der Waals surface area contributed by atoms with E-state index in [1.807, 2.05) is 78.9 Å². The molecule has 128 valence electrons. The van der Waals surface area contributed by atoms with Gasteiger partial charge in [-0.1, -0.05) is 47.7 Å². The molecule has 1 heterocycles. The third-order valence-electron chi connectivity index (χ3n) is 4.01. The van der Waals surface area contributed by atoms with Gasteiger partial charge >= 0.3 is 0 Å². The van der Waals surface area contributed by atoms with E-state index in [2.05, 4.69) is 4.98 Å². The Balaban J connectivity index is 1.87. The zero-order chi connectivity index (χ0) is 17.9. The third kappa shape index (κ3) is 3.05. The minimum atomic E-state index is -0.127. The van der Waals surface area contributed by atoms with Crippen molar-refractivity contribution in [2.75, 3.05) is 12.0 Å². The molecule has 1 aromatic heterocycles. The highest BCUT2D eigenvalue weighted by atomic mass is 32.1. The average Bonchev–Trinajstić information content (AvgIpc) is 3.12. The molecular formula is C21H16N2O2S. The molecule has 0 saturated carbocycles. The lowest BCUT2D eigenvalue weighted by atomic mass is 10.2. The molecule has 26 heavy (non-hydrogen) atoms. The van der Waals surface area contributed by atoms with Crippen molar-refractivity contribution in [2.24, 2.45) is 0 Å². The van der Waals surface area contributed by atoms with Gasteiger partial charge in [0.2, 0.25) is 0 Å². The van der Waals surface area contributed by atoms with Gasteiger partial charge in [0.15, 0.2) is 5.13 Å². The Bertz CT molecular complexity index is 1030. The predicted octanol–water partition coefficient (Wildman–Crippen LogP) is 5.28. The molecule has 0 spiro atoms. The molecule has 3 aromatic carbocycles. The summed E-state index contributed by atoms with van der Waals surface area (Å²) < 4.78 is 6.37. The number of para-hydroxylation sites is 1. The summed E-state index contributed by atoms with van der Waals surface area (Å²) in [5, 5.41) is 0.633. The number of benzene rings is 3. The maximum absolute atomic E-state index is 13.3. The maximum Gasteiger partial charge on any atom is 0.264 e. The molecule has 0 atom stereocenters. The van der Waals surface area contributed by atoms with Gasteiger partial charge in [0.25, 0.3) is 5.91 Å². The highest BCUT2D eigenvalue weighted by Gasteiger charge is 2.23. The Hall–Kier alpha value is -3.18. The molecule has 0 fully saturated rings. The van der Waals surface area contributed by atoms with Crippen LogP contribution in [0.5, 0.6) is 5.75 Å². The van der Waals surface area contributed by atoms with Gasteiger partial charge in [-0.2, -0.15) is 0 Å². The third-order valence-corrected chi connectivity index (χ3v) is 5.03. The van der Waals surface area contributed by atoms with Crippen molar-refractivity contribution in [1.82, 2.24) is 4.98 Å².